The van der Waals surface area contributed by atoms with Crippen molar-refractivity contribution in [2.24, 2.45) is 5.92 Å². The van der Waals surface area contributed by atoms with E-state index in [1.165, 1.54) is 0 Å². The predicted molar refractivity (Wildman–Crippen MR) is 76.4 cm³/mol. The molecule has 1 aromatic carbocycles. The second-order valence-electron chi connectivity index (χ2n) is 5.46. The molecule has 0 aliphatic heterocycles. The minimum Gasteiger partial charge on any atom is -0.326 e. The number of fused-ring (bicyclic) bond motifs is 1. The van der Waals surface area contributed by atoms with Gasteiger partial charge in [-0.05, 0) is 43.9 Å². The molecule has 104 valence electrons. The Bertz CT molecular complexity index is 647. The molecule has 2 N–H and O–H groups in total. The molecular weight excluding hydrogens is 252 g/mol. The average Bonchev–Trinajstić information content (AvgIpc) is 2.90. The van der Waals surface area contributed by atoms with Gasteiger partial charge >= 0.3 is 0 Å². The van der Waals surface area contributed by atoms with Crippen molar-refractivity contribution in [2.75, 3.05) is 5.32 Å². The molecule has 2 aromatic rings. The van der Waals surface area contributed by atoms with Crippen LogP contribution in [-0.4, -0.2) is 21.3 Å². The number of anilines is 1. The van der Waals surface area contributed by atoms with Crippen molar-refractivity contribution in [3.63, 3.8) is 0 Å². The highest BCUT2D eigenvalue weighted by Crippen LogP contribution is 2.24. The van der Waals surface area contributed by atoms with Gasteiger partial charge < -0.3 is 5.32 Å². The van der Waals surface area contributed by atoms with Crippen LogP contribution in [0.2, 0.25) is 0 Å². The van der Waals surface area contributed by atoms with Crippen LogP contribution in [0.4, 0.5) is 5.69 Å². The van der Waals surface area contributed by atoms with Gasteiger partial charge in [0.1, 0.15) is 0 Å². The first-order chi connectivity index (χ1) is 9.63. The fourth-order valence-corrected chi connectivity index (χ4v) is 2.61. The van der Waals surface area contributed by atoms with Gasteiger partial charge in [0, 0.05) is 18.0 Å². The van der Waals surface area contributed by atoms with Gasteiger partial charge in [0.25, 0.3) is 0 Å². The summed E-state index contributed by atoms with van der Waals surface area (Å²) in [7, 11) is 0. The molecule has 5 heteroatoms. The molecule has 0 saturated heterocycles. The van der Waals surface area contributed by atoms with Gasteiger partial charge in [0.15, 0.2) is 0 Å². The lowest BCUT2D eigenvalue weighted by molar-refractivity contribution is -0.120. The normalized spacial score (nSPS) is 17.6. The summed E-state index contributed by atoms with van der Waals surface area (Å²) in [5, 5.41) is 13.9. The fourth-order valence-electron chi connectivity index (χ4n) is 2.61. The monoisotopic (exact) mass is 270 g/mol. The molecule has 1 unspecified atom stereocenters. The van der Waals surface area contributed by atoms with Crippen LogP contribution < -0.4 is 5.32 Å². The van der Waals surface area contributed by atoms with Crippen LogP contribution >= 0.6 is 0 Å². The number of benzene rings is 1. The second-order valence-corrected chi connectivity index (χ2v) is 5.46. The maximum absolute atomic E-state index is 12.4. The molecule has 20 heavy (non-hydrogen) atoms. The van der Waals surface area contributed by atoms with E-state index in [9.17, 15) is 4.79 Å². The first-order valence-electron chi connectivity index (χ1n) is 6.90. The molecule has 0 radical (unpaired) electrons. The van der Waals surface area contributed by atoms with Crippen LogP contribution in [0.25, 0.3) is 0 Å². The maximum Gasteiger partial charge on any atom is 0.227 e. The minimum absolute atomic E-state index is 0.0208. The molecule has 5 nitrogen and oxygen atoms in total. The molecule has 1 aliphatic carbocycles. The highest BCUT2D eigenvalue weighted by atomic mass is 16.1. The van der Waals surface area contributed by atoms with Crippen LogP contribution in [0.1, 0.15) is 28.9 Å². The summed E-state index contributed by atoms with van der Waals surface area (Å²) in [6.07, 6.45) is 2.31. The standard InChI is InChI=1S/C15H18N4O/c1-9-3-4-10(2)13(7-9)16-15(20)11-5-6-12-14(8-11)18-19-17-12/h3-4,7,11H,5-6,8H2,1-2H3,(H,16,20)(H,17,18,19). The Morgan fingerprint density at radius 2 is 2.10 bits per heavy atom. The topological polar surface area (TPSA) is 70.7 Å². The average molecular weight is 270 g/mol. The molecule has 1 atom stereocenters. The van der Waals surface area contributed by atoms with Crippen molar-refractivity contribution in [2.45, 2.75) is 33.1 Å². The van der Waals surface area contributed by atoms with E-state index in [-0.39, 0.29) is 11.8 Å². The number of aryl methyl sites for hydroxylation is 3. The maximum atomic E-state index is 12.4. The van der Waals surface area contributed by atoms with Gasteiger partial charge in [-0.3, -0.25) is 4.79 Å². The molecule has 0 spiro atoms. The zero-order valence-electron chi connectivity index (χ0n) is 11.7. The smallest absolute Gasteiger partial charge is 0.227 e. The van der Waals surface area contributed by atoms with Gasteiger partial charge in [-0.2, -0.15) is 15.4 Å². The van der Waals surface area contributed by atoms with Crippen molar-refractivity contribution in [1.29, 1.82) is 0 Å². The molecule has 1 amide bonds. The lowest BCUT2D eigenvalue weighted by atomic mass is 9.89. The summed E-state index contributed by atoms with van der Waals surface area (Å²) >= 11 is 0. The Labute approximate surface area is 117 Å². The molecule has 0 fully saturated rings. The Morgan fingerprint density at radius 3 is 2.95 bits per heavy atom. The lowest BCUT2D eigenvalue weighted by Gasteiger charge is -2.20. The highest BCUT2D eigenvalue weighted by Gasteiger charge is 2.27. The zero-order valence-corrected chi connectivity index (χ0v) is 11.7. The van der Waals surface area contributed by atoms with E-state index < -0.39 is 0 Å². The van der Waals surface area contributed by atoms with Crippen LogP contribution in [0.15, 0.2) is 18.2 Å². The molecule has 1 aromatic heterocycles. The second kappa shape index (κ2) is 5.07. The number of H-pyrrole nitrogens is 1. The van der Waals surface area contributed by atoms with Crippen molar-refractivity contribution in [1.82, 2.24) is 15.4 Å². The first kappa shape index (κ1) is 12.8. The third-order valence-electron chi connectivity index (χ3n) is 3.89. The van der Waals surface area contributed by atoms with Gasteiger partial charge in [-0.1, -0.05) is 12.1 Å². The van der Waals surface area contributed by atoms with Crippen molar-refractivity contribution in [3.05, 3.63) is 40.7 Å². The number of nitrogens with one attached hydrogen (secondary N) is 2. The van der Waals surface area contributed by atoms with E-state index in [2.05, 4.69) is 20.7 Å². The number of aromatic amines is 1. The molecule has 3 rings (SSSR count). The van der Waals surface area contributed by atoms with E-state index in [1.807, 2.05) is 32.0 Å². The number of hydrogen-bond acceptors (Lipinski definition) is 3. The molecular formula is C15H18N4O. The third kappa shape index (κ3) is 2.43. The quantitative estimate of drug-likeness (QED) is 0.878. The number of carbonyl (C=O) groups excluding carboxylic acids is 1. The summed E-state index contributed by atoms with van der Waals surface area (Å²) in [4.78, 5) is 12.4. The van der Waals surface area contributed by atoms with E-state index in [4.69, 9.17) is 0 Å². The Balaban J connectivity index is 1.73. The van der Waals surface area contributed by atoms with Crippen LogP contribution in [0.3, 0.4) is 0 Å². The third-order valence-corrected chi connectivity index (χ3v) is 3.89. The molecule has 0 bridgehead atoms. The summed E-state index contributed by atoms with van der Waals surface area (Å²) in [6, 6.07) is 6.09. The Kier molecular flexibility index (Phi) is 3.26. The zero-order chi connectivity index (χ0) is 14.1. The number of amides is 1. The van der Waals surface area contributed by atoms with Gasteiger partial charge in [0.05, 0.1) is 11.4 Å². The number of carbonyl (C=O) groups is 1. The Morgan fingerprint density at radius 1 is 1.30 bits per heavy atom. The fraction of sp³-hybridized carbons (Fsp3) is 0.400. The molecule has 0 saturated carbocycles. The van der Waals surface area contributed by atoms with Crippen LogP contribution in [0, 0.1) is 19.8 Å². The first-order valence-corrected chi connectivity index (χ1v) is 6.90. The van der Waals surface area contributed by atoms with Crippen molar-refractivity contribution < 1.29 is 4.79 Å². The summed E-state index contributed by atoms with van der Waals surface area (Å²) in [6.45, 7) is 4.03. The Hall–Kier alpha value is -2.17. The van der Waals surface area contributed by atoms with Gasteiger partial charge in [0.2, 0.25) is 5.91 Å². The summed E-state index contributed by atoms with van der Waals surface area (Å²) in [5.41, 5.74) is 5.06. The van der Waals surface area contributed by atoms with E-state index in [0.29, 0.717) is 6.42 Å². The summed E-state index contributed by atoms with van der Waals surface area (Å²) < 4.78 is 0. The predicted octanol–water partition coefficient (Wildman–Crippen LogP) is 2.17. The van der Waals surface area contributed by atoms with Crippen molar-refractivity contribution in [3.8, 4) is 0 Å². The lowest BCUT2D eigenvalue weighted by Crippen LogP contribution is -2.28. The van der Waals surface area contributed by atoms with Crippen LogP contribution in [0.5, 0.6) is 0 Å². The van der Waals surface area contributed by atoms with Crippen LogP contribution in [-0.2, 0) is 17.6 Å². The summed E-state index contributed by atoms with van der Waals surface area (Å²) in [5.74, 6) is 0.0554. The largest absolute Gasteiger partial charge is 0.326 e. The molecule has 1 heterocycles. The number of rotatable bonds is 2. The number of nitrogens with zero attached hydrogens (tertiary/aromatic N) is 2. The van der Waals surface area contributed by atoms with Crippen molar-refractivity contribution >= 4 is 11.6 Å². The van der Waals surface area contributed by atoms with E-state index in [1.54, 1.807) is 0 Å². The van der Waals surface area contributed by atoms with E-state index >= 15 is 0 Å². The van der Waals surface area contributed by atoms with Gasteiger partial charge in [-0.25, -0.2) is 0 Å². The number of aromatic nitrogens is 3. The van der Waals surface area contributed by atoms with E-state index in [0.717, 1.165) is 41.0 Å². The number of hydrogen-bond donors (Lipinski definition) is 2. The molecule has 1 aliphatic rings. The SMILES string of the molecule is Cc1ccc(C)c(NC(=O)C2CCc3n[nH]nc3C2)c1. The van der Waals surface area contributed by atoms with Gasteiger partial charge in [-0.15, -0.1) is 0 Å². The highest BCUT2D eigenvalue weighted by molar-refractivity contribution is 5.93. The minimum atomic E-state index is -0.0208.